The predicted octanol–water partition coefficient (Wildman–Crippen LogP) is 1.71. The molecule has 3 heterocycles. The Labute approximate surface area is 159 Å². The molecular weight excluding hydrogens is 346 g/mol. The second-order valence-electron chi connectivity index (χ2n) is 7.40. The van der Waals surface area contributed by atoms with Gasteiger partial charge in [0.2, 0.25) is 0 Å². The number of rotatable bonds is 6. The molecule has 0 saturated carbocycles. The van der Waals surface area contributed by atoms with Crippen LogP contribution < -0.4 is 0 Å². The van der Waals surface area contributed by atoms with Crippen molar-refractivity contribution in [1.82, 2.24) is 14.7 Å². The zero-order chi connectivity index (χ0) is 17.8. The first-order valence-electron chi connectivity index (χ1n) is 9.66. The molecule has 0 spiro atoms. The van der Waals surface area contributed by atoms with Crippen LogP contribution in [0.15, 0.2) is 29.6 Å². The number of morpholine rings is 1. The zero-order valence-corrected chi connectivity index (χ0v) is 16.2. The standard InChI is InChI=1S/C20H29N3O2S/c24-18(15-23-9-11-25-12-10-23)14-22-7-5-21(6-8-22)13-17-16-26-20-4-2-1-3-19(17)20/h1-4,16,18,24H,5-15H2/t18-/m1/s1. The van der Waals surface area contributed by atoms with Crippen LogP contribution in [0.2, 0.25) is 0 Å². The topological polar surface area (TPSA) is 39.2 Å². The molecule has 0 bridgehead atoms. The van der Waals surface area contributed by atoms with Gasteiger partial charge in [0, 0.05) is 63.6 Å². The summed E-state index contributed by atoms with van der Waals surface area (Å²) in [4.78, 5) is 7.26. The van der Waals surface area contributed by atoms with Gasteiger partial charge in [-0.05, 0) is 22.4 Å². The Morgan fingerprint density at radius 2 is 1.58 bits per heavy atom. The minimum absolute atomic E-state index is 0.263. The molecule has 1 aromatic carbocycles. The van der Waals surface area contributed by atoms with Crippen molar-refractivity contribution in [2.24, 2.45) is 0 Å². The largest absolute Gasteiger partial charge is 0.390 e. The number of piperazine rings is 1. The van der Waals surface area contributed by atoms with Gasteiger partial charge in [-0.2, -0.15) is 0 Å². The molecule has 1 atom stereocenters. The van der Waals surface area contributed by atoms with Gasteiger partial charge in [0.1, 0.15) is 0 Å². The van der Waals surface area contributed by atoms with E-state index in [2.05, 4.69) is 44.3 Å². The van der Waals surface area contributed by atoms with Gasteiger partial charge in [-0.1, -0.05) is 18.2 Å². The van der Waals surface area contributed by atoms with E-state index in [1.807, 2.05) is 11.3 Å². The Morgan fingerprint density at radius 1 is 0.923 bits per heavy atom. The van der Waals surface area contributed by atoms with Crippen molar-refractivity contribution < 1.29 is 9.84 Å². The molecule has 0 amide bonds. The fraction of sp³-hybridized carbons (Fsp3) is 0.600. The Kier molecular flexibility index (Phi) is 6.20. The number of aliphatic hydroxyl groups excluding tert-OH is 1. The summed E-state index contributed by atoms with van der Waals surface area (Å²) in [6.45, 7) is 10.3. The van der Waals surface area contributed by atoms with Crippen LogP contribution in [0.4, 0.5) is 0 Å². The van der Waals surface area contributed by atoms with Crippen molar-refractivity contribution in [3.63, 3.8) is 0 Å². The Balaban J connectivity index is 1.22. The van der Waals surface area contributed by atoms with Crippen molar-refractivity contribution >= 4 is 21.4 Å². The average Bonchev–Trinajstić information content (AvgIpc) is 3.07. The molecule has 2 fully saturated rings. The minimum Gasteiger partial charge on any atom is -0.390 e. The third-order valence-electron chi connectivity index (χ3n) is 5.46. The molecule has 2 aromatic rings. The number of hydrogen-bond donors (Lipinski definition) is 1. The highest BCUT2D eigenvalue weighted by Gasteiger charge is 2.22. The maximum atomic E-state index is 10.4. The van der Waals surface area contributed by atoms with Crippen LogP contribution in [0.5, 0.6) is 0 Å². The first-order chi connectivity index (χ1) is 12.8. The minimum atomic E-state index is -0.263. The molecule has 6 heteroatoms. The normalized spacial score (nSPS) is 22.0. The summed E-state index contributed by atoms with van der Waals surface area (Å²) in [5, 5.41) is 14.1. The van der Waals surface area contributed by atoms with Crippen LogP contribution in [-0.2, 0) is 11.3 Å². The smallest absolute Gasteiger partial charge is 0.0793 e. The number of benzene rings is 1. The summed E-state index contributed by atoms with van der Waals surface area (Å²) in [5.74, 6) is 0. The van der Waals surface area contributed by atoms with Gasteiger partial charge in [-0.25, -0.2) is 0 Å². The van der Waals surface area contributed by atoms with E-state index in [1.54, 1.807) is 0 Å². The summed E-state index contributed by atoms with van der Waals surface area (Å²) in [6, 6.07) is 8.69. The number of β-amino-alcohol motifs (C(OH)–C–C–N with tert-alkyl or cyclic N) is 1. The lowest BCUT2D eigenvalue weighted by atomic mass is 10.1. The number of fused-ring (bicyclic) bond motifs is 1. The predicted molar refractivity (Wildman–Crippen MR) is 107 cm³/mol. The highest BCUT2D eigenvalue weighted by atomic mass is 32.1. The van der Waals surface area contributed by atoms with E-state index in [0.717, 1.165) is 72.1 Å². The van der Waals surface area contributed by atoms with Crippen LogP contribution in [-0.4, -0.2) is 91.5 Å². The van der Waals surface area contributed by atoms with Gasteiger partial charge in [0.05, 0.1) is 19.3 Å². The summed E-state index contributed by atoms with van der Waals surface area (Å²) in [6.07, 6.45) is -0.263. The van der Waals surface area contributed by atoms with Crippen LogP contribution in [0.3, 0.4) is 0 Å². The van der Waals surface area contributed by atoms with Crippen LogP contribution in [0.25, 0.3) is 10.1 Å². The Morgan fingerprint density at radius 3 is 2.35 bits per heavy atom. The molecule has 5 nitrogen and oxygen atoms in total. The molecule has 0 aliphatic carbocycles. The van der Waals surface area contributed by atoms with Crippen molar-refractivity contribution in [2.75, 3.05) is 65.6 Å². The first kappa shape index (κ1) is 18.3. The highest BCUT2D eigenvalue weighted by molar-refractivity contribution is 7.17. The second kappa shape index (κ2) is 8.78. The van der Waals surface area contributed by atoms with Crippen LogP contribution in [0.1, 0.15) is 5.56 Å². The monoisotopic (exact) mass is 375 g/mol. The van der Waals surface area contributed by atoms with Gasteiger partial charge in [0.25, 0.3) is 0 Å². The van der Waals surface area contributed by atoms with Crippen molar-refractivity contribution in [1.29, 1.82) is 0 Å². The lowest BCUT2D eigenvalue weighted by Crippen LogP contribution is -2.50. The highest BCUT2D eigenvalue weighted by Crippen LogP contribution is 2.26. The van der Waals surface area contributed by atoms with Crippen molar-refractivity contribution in [2.45, 2.75) is 12.6 Å². The summed E-state index contributed by atoms with van der Waals surface area (Å²) in [5.41, 5.74) is 1.45. The van der Waals surface area contributed by atoms with E-state index >= 15 is 0 Å². The molecule has 0 unspecified atom stereocenters. The molecule has 2 aliphatic rings. The van der Waals surface area contributed by atoms with Gasteiger partial charge in [0.15, 0.2) is 0 Å². The molecular formula is C20H29N3O2S. The second-order valence-corrected chi connectivity index (χ2v) is 8.31. The number of thiophene rings is 1. The maximum absolute atomic E-state index is 10.4. The lowest BCUT2D eigenvalue weighted by molar-refractivity contribution is 0.00220. The molecule has 26 heavy (non-hydrogen) atoms. The Bertz CT molecular complexity index is 693. The van der Waals surface area contributed by atoms with E-state index < -0.39 is 0 Å². The van der Waals surface area contributed by atoms with E-state index in [0.29, 0.717) is 0 Å². The molecule has 1 aromatic heterocycles. The molecule has 2 saturated heterocycles. The summed E-state index contributed by atoms with van der Waals surface area (Å²) < 4.78 is 6.76. The third kappa shape index (κ3) is 4.63. The van der Waals surface area contributed by atoms with Gasteiger partial charge in [-0.15, -0.1) is 11.3 Å². The van der Waals surface area contributed by atoms with Crippen molar-refractivity contribution in [3.8, 4) is 0 Å². The number of nitrogens with zero attached hydrogens (tertiary/aromatic N) is 3. The van der Waals surface area contributed by atoms with Crippen molar-refractivity contribution in [3.05, 3.63) is 35.2 Å². The first-order valence-corrected chi connectivity index (χ1v) is 10.5. The maximum Gasteiger partial charge on any atom is 0.0793 e. The zero-order valence-electron chi connectivity index (χ0n) is 15.3. The van der Waals surface area contributed by atoms with Crippen LogP contribution >= 0.6 is 11.3 Å². The van der Waals surface area contributed by atoms with E-state index in [4.69, 9.17) is 4.74 Å². The third-order valence-corrected chi connectivity index (χ3v) is 6.47. The number of aliphatic hydroxyl groups is 1. The summed E-state index contributed by atoms with van der Waals surface area (Å²) in [7, 11) is 0. The fourth-order valence-corrected chi connectivity index (χ4v) is 4.92. The molecule has 142 valence electrons. The fourth-order valence-electron chi connectivity index (χ4n) is 3.96. The lowest BCUT2D eigenvalue weighted by Gasteiger charge is -2.36. The van der Waals surface area contributed by atoms with E-state index in [1.165, 1.54) is 15.6 Å². The number of ether oxygens (including phenoxy) is 1. The van der Waals surface area contributed by atoms with Gasteiger partial charge >= 0.3 is 0 Å². The van der Waals surface area contributed by atoms with E-state index in [9.17, 15) is 5.11 Å². The summed E-state index contributed by atoms with van der Waals surface area (Å²) >= 11 is 1.84. The quantitative estimate of drug-likeness (QED) is 0.832. The molecule has 2 aliphatic heterocycles. The van der Waals surface area contributed by atoms with Gasteiger partial charge in [-0.3, -0.25) is 14.7 Å². The van der Waals surface area contributed by atoms with Gasteiger partial charge < -0.3 is 9.84 Å². The molecule has 4 rings (SSSR count). The van der Waals surface area contributed by atoms with Crippen LogP contribution in [0, 0.1) is 0 Å². The van der Waals surface area contributed by atoms with E-state index in [-0.39, 0.29) is 6.10 Å². The average molecular weight is 376 g/mol. The molecule has 0 radical (unpaired) electrons. The SMILES string of the molecule is O[C@@H](CN1CCOCC1)CN1CCN(Cc2csc3ccccc23)CC1. The Hall–Kier alpha value is -1.02. The molecule has 1 N–H and O–H groups in total. The number of hydrogen-bond acceptors (Lipinski definition) is 6.